The summed E-state index contributed by atoms with van der Waals surface area (Å²) in [5.41, 5.74) is 10.00. The molecule has 0 saturated carbocycles. The summed E-state index contributed by atoms with van der Waals surface area (Å²) in [6.07, 6.45) is 0. The Balaban J connectivity index is 1.43. The first-order valence-corrected chi connectivity index (χ1v) is 16.7. The van der Waals surface area contributed by atoms with E-state index >= 15 is 0 Å². The van der Waals surface area contributed by atoms with E-state index in [1.165, 1.54) is 27.1 Å². The van der Waals surface area contributed by atoms with Gasteiger partial charge < -0.3 is 14.4 Å². The topological polar surface area (TPSA) is 11.4 Å². The van der Waals surface area contributed by atoms with Crippen LogP contribution in [-0.4, -0.2) is 4.57 Å². The minimum Gasteiger partial charge on any atom is -0.310 e. The summed E-state index contributed by atoms with van der Waals surface area (Å²) in [7, 11) is 0. The molecule has 0 aliphatic carbocycles. The second-order valence-corrected chi connectivity index (χ2v) is 12.3. The molecule has 8 aromatic carbocycles. The van der Waals surface area contributed by atoms with Gasteiger partial charge in [-0.1, -0.05) is 121 Å². The molecule has 0 bridgehead atoms. The first-order valence-electron chi connectivity index (χ1n) is 16.7. The van der Waals surface area contributed by atoms with Gasteiger partial charge in [-0.3, -0.25) is 0 Å². The molecule has 232 valence electrons. The predicted octanol–water partition coefficient (Wildman–Crippen LogP) is 12.9. The lowest BCUT2D eigenvalue weighted by atomic mass is 10.0. The Labute approximate surface area is 286 Å². The molecule has 0 unspecified atom stereocenters. The number of rotatable bonds is 7. The molecule has 1 aromatic heterocycles. The number of hydrogen-bond acceptors (Lipinski definition) is 2. The lowest BCUT2D eigenvalue weighted by molar-refractivity contribution is 1.17. The van der Waals surface area contributed by atoms with Crippen molar-refractivity contribution in [2.75, 3.05) is 9.80 Å². The summed E-state index contributed by atoms with van der Waals surface area (Å²) in [5.74, 6) is 0. The summed E-state index contributed by atoms with van der Waals surface area (Å²) < 4.78 is 2.41. The van der Waals surface area contributed by atoms with E-state index < -0.39 is 0 Å². The Morgan fingerprint density at radius 2 is 0.857 bits per heavy atom. The lowest BCUT2D eigenvalue weighted by Crippen LogP contribution is -2.14. The number of hydrogen-bond donors (Lipinski definition) is 0. The minimum absolute atomic E-state index is 1.07. The zero-order valence-electron chi connectivity index (χ0n) is 26.9. The van der Waals surface area contributed by atoms with Gasteiger partial charge in [0, 0.05) is 39.2 Å². The van der Waals surface area contributed by atoms with E-state index in [1.807, 2.05) is 0 Å². The maximum absolute atomic E-state index is 2.41. The molecule has 0 saturated heterocycles. The molecule has 3 nitrogen and oxygen atoms in total. The van der Waals surface area contributed by atoms with Crippen LogP contribution in [0.25, 0.3) is 38.3 Å². The van der Waals surface area contributed by atoms with Crippen molar-refractivity contribution in [3.05, 3.63) is 200 Å². The Kier molecular flexibility index (Phi) is 7.14. The first-order chi connectivity index (χ1) is 24.3. The Morgan fingerprint density at radius 3 is 1.51 bits per heavy atom. The quantitative estimate of drug-likeness (QED) is 0.174. The fourth-order valence-electron chi connectivity index (χ4n) is 7.14. The van der Waals surface area contributed by atoms with Crippen molar-refractivity contribution in [2.45, 2.75) is 0 Å². The van der Waals surface area contributed by atoms with E-state index in [0.29, 0.717) is 0 Å². The van der Waals surface area contributed by atoms with Crippen molar-refractivity contribution < 1.29 is 0 Å². The molecule has 49 heavy (non-hydrogen) atoms. The van der Waals surface area contributed by atoms with Crippen LogP contribution in [0.5, 0.6) is 0 Å². The number of fused-ring (bicyclic) bond motifs is 4. The van der Waals surface area contributed by atoms with Crippen LogP contribution < -0.4 is 9.80 Å². The molecule has 0 atom stereocenters. The van der Waals surface area contributed by atoms with Crippen molar-refractivity contribution in [1.82, 2.24) is 4.57 Å². The molecule has 0 fully saturated rings. The van der Waals surface area contributed by atoms with E-state index in [4.69, 9.17) is 0 Å². The highest BCUT2D eigenvalue weighted by molar-refractivity contribution is 6.18. The summed E-state index contributed by atoms with van der Waals surface area (Å²) in [6.45, 7) is 0. The van der Waals surface area contributed by atoms with Gasteiger partial charge in [0.1, 0.15) is 0 Å². The SMILES string of the molecule is c1ccc(N(c2ccc3ccccc3c2)c2cc(N(c3ccccc3)c3ccccc3)c3c4ccccc4n(-c4ccccc4)c3c2)cc1. The predicted molar refractivity (Wildman–Crippen MR) is 208 cm³/mol. The van der Waals surface area contributed by atoms with Crippen LogP contribution in [0.1, 0.15) is 0 Å². The summed E-state index contributed by atoms with van der Waals surface area (Å²) in [6, 6.07) is 71.6. The van der Waals surface area contributed by atoms with Gasteiger partial charge in [0.25, 0.3) is 0 Å². The average Bonchev–Trinajstić information content (AvgIpc) is 3.51. The zero-order valence-corrected chi connectivity index (χ0v) is 26.9. The molecule has 9 rings (SSSR count). The summed E-state index contributed by atoms with van der Waals surface area (Å²) in [5, 5.41) is 4.83. The van der Waals surface area contributed by atoms with Crippen LogP contribution in [0.4, 0.5) is 34.1 Å². The van der Waals surface area contributed by atoms with Gasteiger partial charge in [-0.25, -0.2) is 0 Å². The van der Waals surface area contributed by atoms with E-state index in [2.05, 4.69) is 215 Å². The first kappa shape index (κ1) is 28.6. The Morgan fingerprint density at radius 1 is 0.327 bits per heavy atom. The van der Waals surface area contributed by atoms with E-state index in [-0.39, 0.29) is 0 Å². The summed E-state index contributed by atoms with van der Waals surface area (Å²) in [4.78, 5) is 4.79. The second-order valence-electron chi connectivity index (χ2n) is 12.3. The molecule has 0 spiro atoms. The number of aromatic nitrogens is 1. The third-order valence-electron chi connectivity index (χ3n) is 9.28. The minimum atomic E-state index is 1.07. The van der Waals surface area contributed by atoms with Crippen molar-refractivity contribution in [3.63, 3.8) is 0 Å². The van der Waals surface area contributed by atoms with Crippen LogP contribution in [0.2, 0.25) is 0 Å². The highest BCUT2D eigenvalue weighted by Gasteiger charge is 2.24. The van der Waals surface area contributed by atoms with Crippen molar-refractivity contribution in [3.8, 4) is 5.69 Å². The molecule has 0 aliphatic rings. The lowest BCUT2D eigenvalue weighted by Gasteiger charge is -2.30. The monoisotopic (exact) mass is 627 g/mol. The van der Waals surface area contributed by atoms with Crippen LogP contribution in [-0.2, 0) is 0 Å². The number of benzene rings is 8. The van der Waals surface area contributed by atoms with Gasteiger partial charge in [-0.05, 0) is 89.6 Å². The Bertz CT molecular complexity index is 2500. The summed E-state index contributed by atoms with van der Waals surface area (Å²) >= 11 is 0. The van der Waals surface area contributed by atoms with E-state index in [0.717, 1.165) is 45.3 Å². The highest BCUT2D eigenvalue weighted by atomic mass is 15.2. The van der Waals surface area contributed by atoms with Crippen molar-refractivity contribution in [1.29, 1.82) is 0 Å². The van der Waals surface area contributed by atoms with Gasteiger partial charge in [0.2, 0.25) is 0 Å². The molecular formula is C46H33N3. The fourth-order valence-corrected chi connectivity index (χ4v) is 7.14. The largest absolute Gasteiger partial charge is 0.310 e. The van der Waals surface area contributed by atoms with Crippen LogP contribution in [0.15, 0.2) is 200 Å². The van der Waals surface area contributed by atoms with E-state index in [9.17, 15) is 0 Å². The molecule has 3 heteroatoms. The van der Waals surface area contributed by atoms with Gasteiger partial charge in [0.05, 0.1) is 22.4 Å². The van der Waals surface area contributed by atoms with Crippen molar-refractivity contribution >= 4 is 66.7 Å². The van der Waals surface area contributed by atoms with Gasteiger partial charge in [-0.15, -0.1) is 0 Å². The molecule has 9 aromatic rings. The number of para-hydroxylation sites is 5. The second kappa shape index (κ2) is 12.2. The number of nitrogens with zero attached hydrogens (tertiary/aromatic N) is 3. The van der Waals surface area contributed by atoms with E-state index in [1.54, 1.807) is 0 Å². The third-order valence-corrected chi connectivity index (χ3v) is 9.28. The van der Waals surface area contributed by atoms with Gasteiger partial charge >= 0.3 is 0 Å². The number of anilines is 6. The maximum atomic E-state index is 2.41. The normalized spacial score (nSPS) is 11.3. The average molecular weight is 628 g/mol. The fraction of sp³-hybridized carbons (Fsp3) is 0. The molecule has 0 amide bonds. The zero-order chi connectivity index (χ0) is 32.6. The van der Waals surface area contributed by atoms with Crippen LogP contribution in [0.3, 0.4) is 0 Å². The molecule has 1 heterocycles. The molecule has 0 N–H and O–H groups in total. The third kappa shape index (κ3) is 5.09. The molecular weight excluding hydrogens is 595 g/mol. The highest BCUT2D eigenvalue weighted by Crippen LogP contribution is 2.48. The van der Waals surface area contributed by atoms with Gasteiger partial charge in [-0.2, -0.15) is 0 Å². The smallest absolute Gasteiger partial charge is 0.0583 e. The molecule has 0 aliphatic heterocycles. The molecule has 0 radical (unpaired) electrons. The Hall–Kier alpha value is -6.58. The standard InChI is InChI=1S/C46H33N3/c1-5-19-36(20-6-1)47(40-30-29-34-17-13-14-18-35(34)31-40)41-32-44(48(37-21-7-2-8-22-37)38-23-9-3-10-24-38)46-42-27-15-16-28-43(42)49(45(46)33-41)39-25-11-4-12-26-39/h1-33H. The van der Waals surface area contributed by atoms with Gasteiger partial charge in [0.15, 0.2) is 0 Å². The van der Waals surface area contributed by atoms with Crippen LogP contribution in [0, 0.1) is 0 Å². The van der Waals surface area contributed by atoms with Crippen LogP contribution >= 0.6 is 0 Å². The van der Waals surface area contributed by atoms with Crippen molar-refractivity contribution in [2.24, 2.45) is 0 Å². The maximum Gasteiger partial charge on any atom is 0.0583 e.